The molecular formula is C38H36N2. The van der Waals surface area contributed by atoms with Crippen LogP contribution >= 0.6 is 0 Å². The SMILES string of the molecule is C1=CCCC(CNCc2ccc(NC3=C(c4cc5ccccc5c5ccc6c(c45)C=CCC6)CCC=C3)cc2)=C1. The van der Waals surface area contributed by atoms with Gasteiger partial charge in [0, 0.05) is 24.5 Å². The first-order valence-corrected chi connectivity index (χ1v) is 14.8. The van der Waals surface area contributed by atoms with E-state index in [-0.39, 0.29) is 0 Å². The highest BCUT2D eigenvalue weighted by molar-refractivity contribution is 6.15. The second-order valence-electron chi connectivity index (χ2n) is 11.2. The summed E-state index contributed by atoms with van der Waals surface area (Å²) in [4.78, 5) is 0. The van der Waals surface area contributed by atoms with Crippen molar-refractivity contribution in [2.24, 2.45) is 0 Å². The van der Waals surface area contributed by atoms with Crippen molar-refractivity contribution in [1.29, 1.82) is 0 Å². The number of hydrogen-bond donors (Lipinski definition) is 2. The van der Waals surface area contributed by atoms with E-state index in [2.05, 4.69) is 120 Å². The molecular weight excluding hydrogens is 484 g/mol. The van der Waals surface area contributed by atoms with Crippen LogP contribution in [0.25, 0.3) is 33.2 Å². The Hall–Kier alpha value is -4.14. The van der Waals surface area contributed by atoms with Crippen molar-refractivity contribution in [3.63, 3.8) is 0 Å². The lowest BCUT2D eigenvalue weighted by Crippen LogP contribution is -2.17. The molecule has 0 saturated heterocycles. The third kappa shape index (κ3) is 4.96. The summed E-state index contributed by atoms with van der Waals surface area (Å²) in [5, 5.41) is 12.8. The van der Waals surface area contributed by atoms with Gasteiger partial charge in [0.15, 0.2) is 0 Å². The topological polar surface area (TPSA) is 24.1 Å². The van der Waals surface area contributed by atoms with Gasteiger partial charge < -0.3 is 10.6 Å². The fourth-order valence-electron chi connectivity index (χ4n) is 6.45. The van der Waals surface area contributed by atoms with Crippen LogP contribution in [0, 0.1) is 0 Å². The van der Waals surface area contributed by atoms with Crippen molar-refractivity contribution < 1.29 is 0 Å². The van der Waals surface area contributed by atoms with E-state index in [1.54, 1.807) is 0 Å². The molecule has 0 heterocycles. The van der Waals surface area contributed by atoms with Gasteiger partial charge in [0.1, 0.15) is 0 Å². The number of hydrogen-bond acceptors (Lipinski definition) is 2. The summed E-state index contributed by atoms with van der Waals surface area (Å²) >= 11 is 0. The van der Waals surface area contributed by atoms with Crippen LogP contribution in [-0.2, 0) is 13.0 Å². The van der Waals surface area contributed by atoms with Crippen LogP contribution in [0.3, 0.4) is 0 Å². The first-order chi connectivity index (χ1) is 19.8. The van der Waals surface area contributed by atoms with Crippen LogP contribution in [0.5, 0.6) is 0 Å². The van der Waals surface area contributed by atoms with Gasteiger partial charge in [0.25, 0.3) is 0 Å². The first-order valence-electron chi connectivity index (χ1n) is 14.8. The highest BCUT2D eigenvalue weighted by Crippen LogP contribution is 2.41. The maximum Gasteiger partial charge on any atom is 0.0419 e. The summed E-state index contributed by atoms with van der Waals surface area (Å²) in [6.07, 6.45) is 22.6. The van der Waals surface area contributed by atoms with Gasteiger partial charge in [-0.15, -0.1) is 0 Å². The predicted octanol–water partition coefficient (Wildman–Crippen LogP) is 9.49. The monoisotopic (exact) mass is 520 g/mol. The standard InChI is InChI=1S/C38H36N2/c1-2-10-27(11-3-1)25-39-26-28-18-21-31(22-19-28)40-37-17-9-8-16-34(37)36-24-30-13-5-6-14-32(30)35-23-20-29-12-4-7-15-33(29)38(35)36/h1-2,5-7,9-10,13-15,17-24,39-40H,3-4,8,11-12,16,25-26H2. The lowest BCUT2D eigenvalue weighted by atomic mass is 9.83. The Balaban J connectivity index is 1.22. The van der Waals surface area contributed by atoms with Crippen molar-refractivity contribution in [3.05, 3.63) is 137 Å². The van der Waals surface area contributed by atoms with Crippen molar-refractivity contribution in [2.45, 2.75) is 45.1 Å². The Morgan fingerprint density at radius 2 is 1.55 bits per heavy atom. The van der Waals surface area contributed by atoms with Crippen LogP contribution < -0.4 is 10.6 Å². The first kappa shape index (κ1) is 24.9. The van der Waals surface area contributed by atoms with Gasteiger partial charge in [0.2, 0.25) is 0 Å². The lowest BCUT2D eigenvalue weighted by Gasteiger charge is -2.23. The molecule has 0 unspecified atom stereocenters. The van der Waals surface area contributed by atoms with E-state index in [1.165, 1.54) is 67.1 Å². The second kappa shape index (κ2) is 11.2. The maximum absolute atomic E-state index is 3.79. The number of benzene rings is 4. The molecule has 2 nitrogen and oxygen atoms in total. The molecule has 3 aliphatic rings. The Labute approximate surface area is 237 Å². The molecule has 2 heteroatoms. The van der Waals surface area contributed by atoms with Gasteiger partial charge in [-0.05, 0) is 112 Å². The van der Waals surface area contributed by atoms with Crippen LogP contribution in [0.4, 0.5) is 5.69 Å². The Morgan fingerprint density at radius 3 is 2.45 bits per heavy atom. The average molecular weight is 521 g/mol. The summed E-state index contributed by atoms with van der Waals surface area (Å²) < 4.78 is 0. The summed E-state index contributed by atoms with van der Waals surface area (Å²) in [5.41, 5.74) is 10.8. The van der Waals surface area contributed by atoms with Gasteiger partial charge >= 0.3 is 0 Å². The van der Waals surface area contributed by atoms with Crippen LogP contribution in [0.1, 0.15) is 54.4 Å². The summed E-state index contributed by atoms with van der Waals surface area (Å²) in [6.45, 7) is 1.85. The number of nitrogens with one attached hydrogen (secondary N) is 2. The highest BCUT2D eigenvalue weighted by atomic mass is 14.9. The molecule has 0 aromatic heterocycles. The number of fused-ring (bicyclic) bond motifs is 5. The quantitative estimate of drug-likeness (QED) is 0.237. The van der Waals surface area contributed by atoms with E-state index >= 15 is 0 Å². The fourth-order valence-corrected chi connectivity index (χ4v) is 6.45. The molecule has 7 rings (SSSR count). The van der Waals surface area contributed by atoms with Crippen molar-refractivity contribution >= 4 is 38.9 Å². The minimum atomic E-state index is 0.886. The average Bonchev–Trinajstić information content (AvgIpc) is 3.02. The summed E-state index contributed by atoms with van der Waals surface area (Å²) in [7, 11) is 0. The van der Waals surface area contributed by atoms with E-state index in [0.29, 0.717) is 0 Å². The molecule has 198 valence electrons. The van der Waals surface area contributed by atoms with Gasteiger partial charge in [0.05, 0.1) is 0 Å². The largest absolute Gasteiger partial charge is 0.355 e. The van der Waals surface area contributed by atoms with Gasteiger partial charge in [-0.25, -0.2) is 0 Å². The van der Waals surface area contributed by atoms with Crippen LogP contribution in [-0.4, -0.2) is 6.54 Å². The number of allylic oxidation sites excluding steroid dienone is 7. The van der Waals surface area contributed by atoms with E-state index in [1.807, 2.05) is 0 Å². The fraction of sp³-hybridized carbons (Fsp3) is 0.211. The van der Waals surface area contributed by atoms with E-state index in [0.717, 1.165) is 50.9 Å². The number of rotatable bonds is 7. The maximum atomic E-state index is 3.79. The predicted molar refractivity (Wildman–Crippen MR) is 172 cm³/mol. The molecule has 0 fully saturated rings. The normalized spacial score (nSPS) is 16.4. The van der Waals surface area contributed by atoms with Crippen molar-refractivity contribution in [2.75, 3.05) is 11.9 Å². The van der Waals surface area contributed by atoms with Gasteiger partial charge in [-0.3, -0.25) is 0 Å². The lowest BCUT2D eigenvalue weighted by molar-refractivity contribution is 0.715. The second-order valence-corrected chi connectivity index (χ2v) is 11.2. The van der Waals surface area contributed by atoms with Crippen LogP contribution in [0.15, 0.2) is 114 Å². The van der Waals surface area contributed by atoms with E-state index in [4.69, 9.17) is 0 Å². The highest BCUT2D eigenvalue weighted by Gasteiger charge is 2.19. The minimum absolute atomic E-state index is 0.886. The molecule has 4 aromatic carbocycles. The van der Waals surface area contributed by atoms with E-state index < -0.39 is 0 Å². The third-order valence-corrected chi connectivity index (χ3v) is 8.53. The minimum Gasteiger partial charge on any atom is -0.355 e. The molecule has 0 amide bonds. The molecule has 0 bridgehead atoms. The molecule has 0 atom stereocenters. The molecule has 0 aliphatic heterocycles. The Bertz CT molecular complexity index is 1730. The molecule has 4 aromatic rings. The zero-order chi connectivity index (χ0) is 26.7. The van der Waals surface area contributed by atoms with Crippen molar-refractivity contribution in [1.82, 2.24) is 5.32 Å². The molecule has 0 radical (unpaired) electrons. The molecule has 0 spiro atoms. The van der Waals surface area contributed by atoms with Gasteiger partial charge in [-0.2, -0.15) is 0 Å². The zero-order valence-electron chi connectivity index (χ0n) is 23.0. The van der Waals surface area contributed by atoms with Crippen molar-refractivity contribution in [3.8, 4) is 0 Å². The smallest absolute Gasteiger partial charge is 0.0419 e. The van der Waals surface area contributed by atoms with Crippen LogP contribution in [0.2, 0.25) is 0 Å². The molecule has 3 aliphatic carbocycles. The molecule has 40 heavy (non-hydrogen) atoms. The zero-order valence-corrected chi connectivity index (χ0v) is 23.0. The molecule has 0 saturated carbocycles. The Morgan fingerprint density at radius 1 is 0.700 bits per heavy atom. The van der Waals surface area contributed by atoms with Gasteiger partial charge in [-0.1, -0.05) is 90.6 Å². The summed E-state index contributed by atoms with van der Waals surface area (Å²) in [6, 6.07) is 24.9. The van der Waals surface area contributed by atoms with E-state index in [9.17, 15) is 0 Å². The Kier molecular flexibility index (Phi) is 6.93. The molecule has 2 N–H and O–H groups in total. The third-order valence-electron chi connectivity index (χ3n) is 8.53. The summed E-state index contributed by atoms with van der Waals surface area (Å²) in [5.74, 6) is 0. The number of aryl methyl sites for hydroxylation is 1. The number of anilines is 1.